The van der Waals surface area contributed by atoms with E-state index in [1.807, 2.05) is 29.2 Å². The van der Waals surface area contributed by atoms with Gasteiger partial charge < -0.3 is 19.9 Å². The summed E-state index contributed by atoms with van der Waals surface area (Å²) >= 11 is 0. The number of likely N-dealkylation sites (tertiary alicyclic amines) is 2. The number of carbonyl (C=O) groups is 1. The zero-order chi connectivity index (χ0) is 22.8. The Hall–Kier alpha value is -3.13. The molecule has 0 spiro atoms. The molecule has 0 bridgehead atoms. The Balaban J connectivity index is 1.30. The number of methoxy groups -OCH3 is 1. The highest BCUT2D eigenvalue weighted by Gasteiger charge is 2.31. The number of H-pyrrole nitrogens is 1. The number of amides is 1. The van der Waals surface area contributed by atoms with Crippen LogP contribution in [0.2, 0.25) is 0 Å². The van der Waals surface area contributed by atoms with Crippen LogP contribution in [0.1, 0.15) is 43.0 Å². The zero-order valence-corrected chi connectivity index (χ0v) is 19.4. The van der Waals surface area contributed by atoms with E-state index >= 15 is 0 Å². The van der Waals surface area contributed by atoms with Crippen LogP contribution < -0.4 is 10.1 Å². The molecule has 1 amide bonds. The van der Waals surface area contributed by atoms with Crippen LogP contribution in [-0.2, 0) is 11.2 Å². The molecule has 2 fully saturated rings. The number of aromatic amines is 1. The van der Waals surface area contributed by atoms with Gasteiger partial charge in [0, 0.05) is 12.6 Å². The minimum absolute atomic E-state index is 0.00102. The molecule has 2 saturated heterocycles. The molecule has 8 nitrogen and oxygen atoms in total. The van der Waals surface area contributed by atoms with Crippen molar-refractivity contribution in [2.45, 2.75) is 44.2 Å². The SMILES string of the molecule is COc1cccc(CC(=O)N2CCC[C@H]2c2ccc3c(NC4CCN(C)CC4)n[nH]c3n2)c1. The fourth-order valence-corrected chi connectivity index (χ4v) is 4.99. The van der Waals surface area contributed by atoms with Crippen LogP contribution in [0.5, 0.6) is 5.75 Å². The second kappa shape index (κ2) is 9.39. The normalized spacial score (nSPS) is 19.8. The van der Waals surface area contributed by atoms with Crippen LogP contribution in [0, 0.1) is 0 Å². The van der Waals surface area contributed by atoms with E-state index in [9.17, 15) is 4.79 Å². The molecule has 1 atom stereocenters. The number of pyridine rings is 1. The van der Waals surface area contributed by atoms with Crippen molar-refractivity contribution in [3.63, 3.8) is 0 Å². The second-order valence-electron chi connectivity index (χ2n) is 9.20. The number of fused-ring (bicyclic) bond motifs is 1. The van der Waals surface area contributed by atoms with E-state index in [-0.39, 0.29) is 11.9 Å². The highest BCUT2D eigenvalue weighted by molar-refractivity contribution is 5.87. The molecule has 1 aromatic carbocycles. The Morgan fingerprint density at radius 1 is 1.18 bits per heavy atom. The fraction of sp³-hybridized carbons (Fsp3) is 0.480. The molecule has 2 aromatic heterocycles. The summed E-state index contributed by atoms with van der Waals surface area (Å²) in [6.07, 6.45) is 4.51. The van der Waals surface area contributed by atoms with E-state index < -0.39 is 0 Å². The quantitative estimate of drug-likeness (QED) is 0.601. The van der Waals surface area contributed by atoms with Gasteiger partial charge in [0.25, 0.3) is 0 Å². The minimum Gasteiger partial charge on any atom is -0.497 e. The topological polar surface area (TPSA) is 86.4 Å². The third-order valence-corrected chi connectivity index (χ3v) is 6.91. The number of nitrogens with one attached hydrogen (secondary N) is 2. The van der Waals surface area contributed by atoms with Gasteiger partial charge in [0.05, 0.1) is 30.7 Å². The van der Waals surface area contributed by atoms with Crippen molar-refractivity contribution in [2.75, 3.05) is 39.1 Å². The van der Waals surface area contributed by atoms with Gasteiger partial charge in [-0.2, -0.15) is 5.10 Å². The van der Waals surface area contributed by atoms with E-state index in [0.717, 1.165) is 79.2 Å². The lowest BCUT2D eigenvalue weighted by atomic mass is 10.1. The standard InChI is InChI=1S/C25H32N6O2/c1-30-13-10-18(11-14-30)26-24-20-8-9-21(27-25(20)29-28-24)22-7-4-12-31(22)23(32)16-17-5-3-6-19(15-17)33-2/h3,5-6,8-9,15,18,22H,4,7,10-14,16H2,1-2H3,(H2,26,27,28,29)/t22-/m0/s1. The maximum Gasteiger partial charge on any atom is 0.227 e. The van der Waals surface area contributed by atoms with Crippen molar-refractivity contribution in [2.24, 2.45) is 0 Å². The second-order valence-corrected chi connectivity index (χ2v) is 9.20. The Labute approximate surface area is 194 Å². The molecule has 3 aromatic rings. The van der Waals surface area contributed by atoms with Gasteiger partial charge in [-0.1, -0.05) is 12.1 Å². The molecular weight excluding hydrogens is 416 g/mol. The lowest BCUT2D eigenvalue weighted by Crippen LogP contribution is -2.36. The van der Waals surface area contributed by atoms with Crippen molar-refractivity contribution in [3.05, 3.63) is 47.7 Å². The number of aromatic nitrogens is 3. The van der Waals surface area contributed by atoms with Gasteiger partial charge in [0.1, 0.15) is 5.75 Å². The third kappa shape index (κ3) is 4.66. The van der Waals surface area contributed by atoms with Crippen LogP contribution in [0.15, 0.2) is 36.4 Å². The molecule has 33 heavy (non-hydrogen) atoms. The molecule has 4 heterocycles. The Bertz CT molecular complexity index is 1120. The first-order valence-corrected chi connectivity index (χ1v) is 11.8. The predicted molar refractivity (Wildman–Crippen MR) is 128 cm³/mol. The number of piperidine rings is 1. The lowest BCUT2D eigenvalue weighted by molar-refractivity contribution is -0.131. The highest BCUT2D eigenvalue weighted by Crippen LogP contribution is 2.33. The van der Waals surface area contributed by atoms with Gasteiger partial charge >= 0.3 is 0 Å². The minimum atomic E-state index is 0.00102. The average Bonchev–Trinajstić information content (AvgIpc) is 3.48. The smallest absolute Gasteiger partial charge is 0.227 e. The van der Waals surface area contributed by atoms with Crippen LogP contribution in [0.25, 0.3) is 11.0 Å². The lowest BCUT2D eigenvalue weighted by Gasteiger charge is -2.29. The molecule has 0 saturated carbocycles. The molecule has 5 rings (SSSR count). The monoisotopic (exact) mass is 448 g/mol. The maximum absolute atomic E-state index is 13.1. The van der Waals surface area contributed by atoms with Crippen LogP contribution in [0.4, 0.5) is 5.82 Å². The maximum atomic E-state index is 13.1. The van der Waals surface area contributed by atoms with E-state index in [1.165, 1.54) is 0 Å². The average molecular weight is 449 g/mol. The number of hydrogen-bond acceptors (Lipinski definition) is 6. The highest BCUT2D eigenvalue weighted by atomic mass is 16.5. The first kappa shape index (κ1) is 21.7. The molecule has 0 unspecified atom stereocenters. The van der Waals surface area contributed by atoms with Gasteiger partial charge in [0.2, 0.25) is 5.91 Å². The number of ether oxygens (including phenoxy) is 1. The summed E-state index contributed by atoms with van der Waals surface area (Å²) in [6, 6.07) is 12.3. The van der Waals surface area contributed by atoms with Crippen molar-refractivity contribution in [3.8, 4) is 5.75 Å². The predicted octanol–water partition coefficient (Wildman–Crippen LogP) is 3.38. The summed E-state index contributed by atoms with van der Waals surface area (Å²) in [5.74, 6) is 1.77. The summed E-state index contributed by atoms with van der Waals surface area (Å²) in [6.45, 7) is 2.96. The zero-order valence-electron chi connectivity index (χ0n) is 19.4. The Morgan fingerprint density at radius 2 is 2.03 bits per heavy atom. The third-order valence-electron chi connectivity index (χ3n) is 6.91. The number of nitrogens with zero attached hydrogens (tertiary/aromatic N) is 4. The van der Waals surface area contributed by atoms with Gasteiger partial charge in [-0.3, -0.25) is 9.89 Å². The van der Waals surface area contributed by atoms with E-state index in [0.29, 0.717) is 12.5 Å². The van der Waals surface area contributed by atoms with Crippen molar-refractivity contribution >= 4 is 22.8 Å². The van der Waals surface area contributed by atoms with Gasteiger partial charge in [-0.25, -0.2) is 4.98 Å². The number of benzene rings is 1. The van der Waals surface area contributed by atoms with E-state index in [4.69, 9.17) is 9.72 Å². The summed E-state index contributed by atoms with van der Waals surface area (Å²) in [7, 11) is 3.81. The van der Waals surface area contributed by atoms with E-state index in [1.54, 1.807) is 7.11 Å². The van der Waals surface area contributed by atoms with Crippen molar-refractivity contribution in [1.82, 2.24) is 25.0 Å². The molecule has 2 aliphatic heterocycles. The molecule has 2 N–H and O–H groups in total. The first-order chi connectivity index (χ1) is 16.1. The molecular formula is C25H32N6O2. The summed E-state index contributed by atoms with van der Waals surface area (Å²) in [5, 5.41) is 12.2. The largest absolute Gasteiger partial charge is 0.497 e. The van der Waals surface area contributed by atoms with Crippen LogP contribution in [0.3, 0.4) is 0 Å². The number of anilines is 1. The van der Waals surface area contributed by atoms with Gasteiger partial charge in [-0.05, 0) is 75.6 Å². The molecule has 8 heteroatoms. The summed E-state index contributed by atoms with van der Waals surface area (Å²) < 4.78 is 5.30. The number of carbonyl (C=O) groups excluding carboxylic acids is 1. The molecule has 174 valence electrons. The van der Waals surface area contributed by atoms with Gasteiger partial charge in [0.15, 0.2) is 11.5 Å². The van der Waals surface area contributed by atoms with Gasteiger partial charge in [-0.15, -0.1) is 0 Å². The molecule has 0 radical (unpaired) electrons. The number of hydrogen-bond donors (Lipinski definition) is 2. The van der Waals surface area contributed by atoms with E-state index in [2.05, 4.69) is 39.6 Å². The Kier molecular flexibility index (Phi) is 6.17. The molecule has 0 aliphatic carbocycles. The Morgan fingerprint density at radius 3 is 2.85 bits per heavy atom. The fourth-order valence-electron chi connectivity index (χ4n) is 4.99. The van der Waals surface area contributed by atoms with Crippen molar-refractivity contribution < 1.29 is 9.53 Å². The first-order valence-electron chi connectivity index (χ1n) is 11.8. The summed E-state index contributed by atoms with van der Waals surface area (Å²) in [4.78, 5) is 22.3. The molecule has 2 aliphatic rings. The number of rotatable bonds is 6. The van der Waals surface area contributed by atoms with Crippen molar-refractivity contribution in [1.29, 1.82) is 0 Å². The summed E-state index contributed by atoms with van der Waals surface area (Å²) in [5.41, 5.74) is 2.66. The van der Waals surface area contributed by atoms with Crippen LogP contribution in [-0.4, -0.2) is 70.7 Å². The van der Waals surface area contributed by atoms with Crippen LogP contribution >= 0.6 is 0 Å².